The third kappa shape index (κ3) is 6.43. The lowest BCUT2D eigenvalue weighted by atomic mass is 10.1. The molecular formula is C18H30ClN3O4S. The zero-order valence-corrected chi connectivity index (χ0v) is 17.6. The van der Waals surface area contributed by atoms with Gasteiger partial charge in [-0.05, 0) is 37.1 Å². The molecule has 1 amide bonds. The van der Waals surface area contributed by atoms with Crippen molar-refractivity contribution in [3.05, 3.63) is 29.3 Å². The number of nitrogens with one attached hydrogen (secondary N) is 2. The van der Waals surface area contributed by atoms with E-state index >= 15 is 0 Å². The van der Waals surface area contributed by atoms with Crippen LogP contribution in [0.2, 0.25) is 0 Å². The average Bonchev–Trinajstić information content (AvgIpc) is 2.67. The van der Waals surface area contributed by atoms with E-state index in [1.165, 1.54) is 10.4 Å². The van der Waals surface area contributed by atoms with Gasteiger partial charge >= 0.3 is 0 Å². The molecule has 7 nitrogen and oxygen atoms in total. The molecule has 2 N–H and O–H groups in total. The van der Waals surface area contributed by atoms with Crippen molar-refractivity contribution in [2.24, 2.45) is 0 Å². The third-order valence-electron chi connectivity index (χ3n) is 4.31. The fourth-order valence-corrected chi connectivity index (χ4v) is 4.55. The fraction of sp³-hybridized carbons (Fsp3) is 0.611. The lowest BCUT2D eigenvalue weighted by Crippen LogP contribution is -2.41. The highest BCUT2D eigenvalue weighted by Crippen LogP contribution is 2.23. The predicted molar refractivity (Wildman–Crippen MR) is 108 cm³/mol. The molecule has 1 aliphatic rings. The van der Waals surface area contributed by atoms with Crippen LogP contribution in [0.25, 0.3) is 0 Å². The maximum Gasteiger partial charge on any atom is 0.251 e. The highest BCUT2D eigenvalue weighted by atomic mass is 35.5. The van der Waals surface area contributed by atoms with E-state index in [9.17, 15) is 13.2 Å². The maximum absolute atomic E-state index is 13.0. The minimum Gasteiger partial charge on any atom is -0.379 e. The molecule has 0 atom stereocenters. The number of aryl methyl sites for hydroxylation is 1. The van der Waals surface area contributed by atoms with Crippen LogP contribution < -0.4 is 10.6 Å². The molecule has 27 heavy (non-hydrogen) atoms. The van der Waals surface area contributed by atoms with Gasteiger partial charge in [-0.1, -0.05) is 19.9 Å². The van der Waals surface area contributed by atoms with Gasteiger partial charge in [-0.25, -0.2) is 8.42 Å². The Morgan fingerprint density at radius 3 is 2.48 bits per heavy atom. The molecule has 0 spiro atoms. The number of sulfonamides is 1. The van der Waals surface area contributed by atoms with Gasteiger partial charge in [0, 0.05) is 31.7 Å². The second-order valence-electron chi connectivity index (χ2n) is 6.20. The average molecular weight is 420 g/mol. The normalized spacial score (nSPS) is 15.2. The van der Waals surface area contributed by atoms with Crippen molar-refractivity contribution in [2.45, 2.75) is 31.6 Å². The Hall–Kier alpha value is -1.19. The summed E-state index contributed by atoms with van der Waals surface area (Å²) < 4.78 is 32.7. The van der Waals surface area contributed by atoms with E-state index in [1.54, 1.807) is 12.1 Å². The summed E-state index contributed by atoms with van der Waals surface area (Å²) in [5.41, 5.74) is 1.09. The van der Waals surface area contributed by atoms with Crippen LogP contribution in [0.3, 0.4) is 0 Å². The van der Waals surface area contributed by atoms with Gasteiger partial charge in [0.25, 0.3) is 5.91 Å². The van der Waals surface area contributed by atoms with Crippen molar-refractivity contribution >= 4 is 28.3 Å². The van der Waals surface area contributed by atoms with Gasteiger partial charge in [0.2, 0.25) is 10.0 Å². The van der Waals surface area contributed by atoms with E-state index in [2.05, 4.69) is 17.6 Å². The zero-order chi connectivity index (χ0) is 19.0. The molecule has 1 saturated heterocycles. The van der Waals surface area contributed by atoms with Crippen LogP contribution in [0.1, 0.15) is 36.2 Å². The number of ether oxygens (including phenoxy) is 1. The van der Waals surface area contributed by atoms with Gasteiger partial charge in [0.15, 0.2) is 0 Å². The Morgan fingerprint density at radius 2 is 1.85 bits per heavy atom. The Bertz CT molecular complexity index is 707. The molecule has 0 radical (unpaired) electrons. The highest BCUT2D eigenvalue weighted by molar-refractivity contribution is 7.89. The van der Waals surface area contributed by atoms with Crippen LogP contribution in [0.5, 0.6) is 0 Å². The molecule has 154 valence electrons. The molecule has 1 aromatic carbocycles. The number of benzene rings is 1. The van der Waals surface area contributed by atoms with E-state index in [4.69, 9.17) is 4.74 Å². The van der Waals surface area contributed by atoms with Crippen LogP contribution in [0.15, 0.2) is 23.1 Å². The summed E-state index contributed by atoms with van der Waals surface area (Å²) in [5, 5.41) is 6.03. The second-order valence-corrected chi connectivity index (χ2v) is 8.10. The number of rotatable bonds is 9. The number of morpholine rings is 1. The molecule has 1 heterocycles. The van der Waals surface area contributed by atoms with Crippen LogP contribution in [0.4, 0.5) is 0 Å². The predicted octanol–water partition coefficient (Wildman–Crippen LogP) is 1.42. The first-order valence-corrected chi connectivity index (χ1v) is 10.6. The molecule has 2 rings (SSSR count). The molecule has 0 unspecified atom stereocenters. The minimum absolute atomic E-state index is 0. The first-order chi connectivity index (χ1) is 12.5. The number of hydrogen-bond acceptors (Lipinski definition) is 5. The van der Waals surface area contributed by atoms with Crippen LogP contribution >= 0.6 is 12.4 Å². The summed E-state index contributed by atoms with van der Waals surface area (Å²) in [6.45, 7) is 7.55. The molecule has 0 aromatic heterocycles. The molecular weight excluding hydrogens is 390 g/mol. The lowest BCUT2D eigenvalue weighted by Gasteiger charge is -2.27. The van der Waals surface area contributed by atoms with Gasteiger partial charge in [0.05, 0.1) is 18.1 Å². The third-order valence-corrected chi connectivity index (χ3v) is 6.29. The van der Waals surface area contributed by atoms with Crippen molar-refractivity contribution in [1.29, 1.82) is 0 Å². The lowest BCUT2D eigenvalue weighted by molar-refractivity contribution is 0.0730. The molecule has 0 saturated carbocycles. The molecule has 0 aliphatic carbocycles. The number of halogens is 1. The summed E-state index contributed by atoms with van der Waals surface area (Å²) in [7, 11) is -3.63. The Labute approximate surface area is 168 Å². The van der Waals surface area contributed by atoms with E-state index < -0.39 is 10.0 Å². The number of carbonyl (C=O) groups is 1. The van der Waals surface area contributed by atoms with E-state index in [0.717, 1.165) is 18.5 Å². The van der Waals surface area contributed by atoms with Crippen molar-refractivity contribution in [2.75, 3.05) is 45.9 Å². The van der Waals surface area contributed by atoms with Crippen LogP contribution in [-0.2, 0) is 21.2 Å². The van der Waals surface area contributed by atoms with Crippen LogP contribution in [-0.4, -0.2) is 64.6 Å². The fourth-order valence-electron chi connectivity index (χ4n) is 2.82. The smallest absolute Gasteiger partial charge is 0.251 e. The molecule has 0 bridgehead atoms. The Kier molecular flexibility index (Phi) is 10.3. The van der Waals surface area contributed by atoms with Crippen molar-refractivity contribution in [3.8, 4) is 0 Å². The zero-order valence-electron chi connectivity index (χ0n) is 16.0. The second kappa shape index (κ2) is 11.6. The Morgan fingerprint density at radius 1 is 1.15 bits per heavy atom. The van der Waals surface area contributed by atoms with Crippen LogP contribution in [0, 0.1) is 0 Å². The summed E-state index contributed by atoms with van der Waals surface area (Å²) in [6.07, 6.45) is 1.62. The van der Waals surface area contributed by atoms with Gasteiger partial charge in [-0.15, -0.1) is 12.4 Å². The van der Waals surface area contributed by atoms with Gasteiger partial charge < -0.3 is 15.4 Å². The summed E-state index contributed by atoms with van der Waals surface area (Å²) >= 11 is 0. The largest absolute Gasteiger partial charge is 0.379 e. The first kappa shape index (κ1) is 23.8. The monoisotopic (exact) mass is 419 g/mol. The van der Waals surface area contributed by atoms with E-state index in [1.807, 2.05) is 6.92 Å². The highest BCUT2D eigenvalue weighted by Gasteiger charge is 2.28. The standard InChI is InChI=1S/C18H29N3O4S.ClH/c1-3-7-19-8-9-20-18(22)16-6-5-15(4-2)17(14-16)26(23,24)21-10-12-25-13-11-21;/h5-6,14,19H,3-4,7-13H2,1-2H3,(H,20,22);1H. The molecule has 1 aromatic rings. The number of nitrogens with zero attached hydrogens (tertiary/aromatic N) is 1. The first-order valence-electron chi connectivity index (χ1n) is 9.20. The number of carbonyl (C=O) groups excluding carboxylic acids is 1. The van der Waals surface area contributed by atoms with Crippen molar-refractivity contribution in [1.82, 2.24) is 14.9 Å². The SMILES string of the molecule is CCCNCCNC(=O)c1ccc(CC)c(S(=O)(=O)N2CCOCC2)c1.Cl. The molecule has 1 fully saturated rings. The van der Waals surface area contributed by atoms with Gasteiger partial charge in [-0.2, -0.15) is 4.31 Å². The topological polar surface area (TPSA) is 87.7 Å². The van der Waals surface area contributed by atoms with Crippen molar-refractivity contribution in [3.63, 3.8) is 0 Å². The van der Waals surface area contributed by atoms with Gasteiger partial charge in [-0.3, -0.25) is 4.79 Å². The quantitative estimate of drug-likeness (QED) is 0.591. The number of amides is 1. The minimum atomic E-state index is -3.63. The summed E-state index contributed by atoms with van der Waals surface area (Å²) in [6, 6.07) is 4.92. The van der Waals surface area contributed by atoms with E-state index in [-0.39, 0.29) is 23.2 Å². The summed E-state index contributed by atoms with van der Waals surface area (Å²) in [5.74, 6) is -0.260. The maximum atomic E-state index is 13.0. The van der Waals surface area contributed by atoms with Crippen molar-refractivity contribution < 1.29 is 17.9 Å². The Balaban J connectivity index is 0.00000364. The number of hydrogen-bond donors (Lipinski definition) is 2. The van der Waals surface area contributed by atoms with E-state index in [0.29, 0.717) is 51.4 Å². The molecule has 1 aliphatic heterocycles. The van der Waals surface area contributed by atoms with Gasteiger partial charge in [0.1, 0.15) is 0 Å². The molecule has 9 heteroatoms. The summed E-state index contributed by atoms with van der Waals surface area (Å²) in [4.78, 5) is 12.6.